The number of aliphatic hydroxyl groups is 2. The van der Waals surface area contributed by atoms with Gasteiger partial charge in [0.05, 0.1) is 0 Å². The third-order valence-electron chi connectivity index (χ3n) is 3.41. The van der Waals surface area contributed by atoms with Crippen molar-refractivity contribution < 1.29 is 28.2 Å². The normalized spacial score (nSPS) is 15.5. The standard InChI is InChI=1S/C17H28F3NO3/c1-3-5-6-7-8-9-11-13(10-4-2)15(23)14(22)12-21-16(24)17(18,19)20/h9-11,14-15,22-23H,3-8,12H2,1-2H3,(H,21,24)/b11-9-,13-10+/t14-,15+/m1/s1. The second-order valence-corrected chi connectivity index (χ2v) is 5.58. The molecule has 4 nitrogen and oxygen atoms in total. The number of allylic oxidation sites excluding steroid dienone is 2. The van der Waals surface area contributed by atoms with Gasteiger partial charge in [0.2, 0.25) is 0 Å². The summed E-state index contributed by atoms with van der Waals surface area (Å²) in [5, 5.41) is 21.4. The molecule has 0 aromatic rings. The molecule has 2 atom stereocenters. The molecule has 7 heteroatoms. The number of unbranched alkanes of at least 4 members (excludes halogenated alkanes) is 4. The predicted octanol–water partition coefficient (Wildman–Crippen LogP) is 3.25. The van der Waals surface area contributed by atoms with Gasteiger partial charge in [-0.05, 0) is 24.8 Å². The van der Waals surface area contributed by atoms with Crippen molar-refractivity contribution in [2.24, 2.45) is 0 Å². The van der Waals surface area contributed by atoms with Gasteiger partial charge in [-0.2, -0.15) is 13.2 Å². The molecular formula is C17H28F3NO3. The van der Waals surface area contributed by atoms with Gasteiger partial charge in [0.25, 0.3) is 0 Å². The predicted molar refractivity (Wildman–Crippen MR) is 87.4 cm³/mol. The average Bonchev–Trinajstić information content (AvgIpc) is 2.52. The van der Waals surface area contributed by atoms with Crippen LogP contribution in [0.2, 0.25) is 0 Å². The average molecular weight is 351 g/mol. The first-order valence-electron chi connectivity index (χ1n) is 8.31. The fourth-order valence-corrected chi connectivity index (χ4v) is 2.06. The summed E-state index contributed by atoms with van der Waals surface area (Å²) in [6.45, 7) is 3.29. The Morgan fingerprint density at radius 3 is 2.38 bits per heavy atom. The molecule has 140 valence electrons. The van der Waals surface area contributed by atoms with Crippen molar-refractivity contribution in [1.29, 1.82) is 0 Å². The Bertz CT molecular complexity index is 420. The molecule has 0 saturated carbocycles. The Labute approximate surface area is 141 Å². The number of alkyl halides is 3. The summed E-state index contributed by atoms with van der Waals surface area (Å²) in [6, 6.07) is 0. The molecule has 0 radical (unpaired) electrons. The summed E-state index contributed by atoms with van der Waals surface area (Å²) in [6.07, 6.45) is 3.23. The lowest BCUT2D eigenvalue weighted by molar-refractivity contribution is -0.174. The van der Waals surface area contributed by atoms with E-state index in [1.165, 1.54) is 0 Å². The molecule has 1 amide bonds. The van der Waals surface area contributed by atoms with E-state index in [1.807, 2.05) is 13.0 Å². The Morgan fingerprint density at radius 1 is 1.17 bits per heavy atom. The van der Waals surface area contributed by atoms with E-state index in [4.69, 9.17) is 0 Å². The molecule has 0 spiro atoms. The smallest absolute Gasteiger partial charge is 0.388 e. The zero-order valence-corrected chi connectivity index (χ0v) is 14.3. The highest BCUT2D eigenvalue weighted by Crippen LogP contribution is 2.15. The van der Waals surface area contributed by atoms with Crippen LogP contribution in [0.4, 0.5) is 13.2 Å². The quantitative estimate of drug-likeness (QED) is 0.395. The summed E-state index contributed by atoms with van der Waals surface area (Å²) in [7, 11) is 0. The van der Waals surface area contributed by atoms with E-state index in [1.54, 1.807) is 17.5 Å². The molecule has 0 aliphatic rings. The van der Waals surface area contributed by atoms with Crippen LogP contribution >= 0.6 is 0 Å². The second-order valence-electron chi connectivity index (χ2n) is 5.58. The lowest BCUT2D eigenvalue weighted by atomic mass is 10.0. The van der Waals surface area contributed by atoms with Crippen molar-refractivity contribution >= 4 is 5.91 Å². The molecule has 24 heavy (non-hydrogen) atoms. The molecular weight excluding hydrogens is 323 g/mol. The van der Waals surface area contributed by atoms with E-state index < -0.39 is 30.8 Å². The maximum absolute atomic E-state index is 12.1. The van der Waals surface area contributed by atoms with Crippen LogP contribution in [0.25, 0.3) is 0 Å². The molecule has 0 saturated heterocycles. The van der Waals surface area contributed by atoms with Crippen molar-refractivity contribution in [3.63, 3.8) is 0 Å². The number of aliphatic hydroxyl groups excluding tert-OH is 2. The minimum absolute atomic E-state index is 0.432. The van der Waals surface area contributed by atoms with Gasteiger partial charge in [-0.25, -0.2) is 0 Å². The zero-order valence-electron chi connectivity index (χ0n) is 14.3. The maximum Gasteiger partial charge on any atom is 0.471 e. The number of hydrogen-bond donors (Lipinski definition) is 3. The van der Waals surface area contributed by atoms with E-state index in [9.17, 15) is 28.2 Å². The largest absolute Gasteiger partial charge is 0.471 e. The second kappa shape index (κ2) is 12.1. The van der Waals surface area contributed by atoms with Crippen LogP contribution in [0.1, 0.15) is 52.4 Å². The monoisotopic (exact) mass is 351 g/mol. The first-order chi connectivity index (χ1) is 11.2. The molecule has 3 N–H and O–H groups in total. The first-order valence-corrected chi connectivity index (χ1v) is 8.31. The highest BCUT2D eigenvalue weighted by atomic mass is 19.4. The van der Waals surface area contributed by atoms with Crippen LogP contribution in [0.3, 0.4) is 0 Å². The van der Waals surface area contributed by atoms with Crippen molar-refractivity contribution in [2.45, 2.75) is 70.8 Å². The summed E-state index contributed by atoms with van der Waals surface area (Å²) in [4.78, 5) is 10.7. The van der Waals surface area contributed by atoms with E-state index >= 15 is 0 Å². The lowest BCUT2D eigenvalue weighted by Gasteiger charge is -2.20. The third kappa shape index (κ3) is 9.72. The molecule has 0 fully saturated rings. The molecule has 0 aliphatic heterocycles. The summed E-state index contributed by atoms with van der Waals surface area (Å²) < 4.78 is 36.3. The highest BCUT2D eigenvalue weighted by molar-refractivity contribution is 5.81. The van der Waals surface area contributed by atoms with Gasteiger partial charge < -0.3 is 15.5 Å². The molecule has 0 rings (SSSR count). The number of amides is 1. The third-order valence-corrected chi connectivity index (χ3v) is 3.41. The first kappa shape index (κ1) is 22.7. The minimum Gasteiger partial charge on any atom is -0.388 e. The fraction of sp³-hybridized carbons (Fsp3) is 0.706. The Kier molecular flexibility index (Phi) is 11.4. The van der Waals surface area contributed by atoms with Crippen LogP contribution in [0, 0.1) is 0 Å². The number of carbonyl (C=O) groups excluding carboxylic acids is 1. The molecule has 0 bridgehead atoms. The molecule has 0 aromatic carbocycles. The molecule has 0 heterocycles. The molecule has 0 unspecified atom stereocenters. The van der Waals surface area contributed by atoms with E-state index in [0.29, 0.717) is 12.0 Å². The summed E-state index contributed by atoms with van der Waals surface area (Å²) >= 11 is 0. The van der Waals surface area contributed by atoms with Gasteiger partial charge in [0, 0.05) is 6.54 Å². The van der Waals surface area contributed by atoms with Crippen LogP contribution in [0.5, 0.6) is 0 Å². The van der Waals surface area contributed by atoms with E-state index in [2.05, 4.69) is 6.92 Å². The Morgan fingerprint density at radius 2 is 1.83 bits per heavy atom. The van der Waals surface area contributed by atoms with Crippen LogP contribution in [-0.4, -0.2) is 41.0 Å². The zero-order chi connectivity index (χ0) is 18.6. The minimum atomic E-state index is -5.01. The molecule has 0 aromatic heterocycles. The van der Waals surface area contributed by atoms with Crippen LogP contribution < -0.4 is 5.32 Å². The fourth-order valence-electron chi connectivity index (χ4n) is 2.06. The van der Waals surface area contributed by atoms with Crippen molar-refractivity contribution in [3.05, 3.63) is 23.8 Å². The lowest BCUT2D eigenvalue weighted by Crippen LogP contribution is -2.44. The van der Waals surface area contributed by atoms with E-state index in [0.717, 1.165) is 32.1 Å². The van der Waals surface area contributed by atoms with Gasteiger partial charge in [-0.15, -0.1) is 0 Å². The Balaban J connectivity index is 4.51. The van der Waals surface area contributed by atoms with Crippen LogP contribution in [-0.2, 0) is 4.79 Å². The number of carbonyl (C=O) groups is 1. The van der Waals surface area contributed by atoms with Gasteiger partial charge in [-0.3, -0.25) is 4.79 Å². The van der Waals surface area contributed by atoms with Gasteiger partial charge >= 0.3 is 12.1 Å². The van der Waals surface area contributed by atoms with Gasteiger partial charge in [-0.1, -0.05) is 51.3 Å². The maximum atomic E-state index is 12.1. The topological polar surface area (TPSA) is 69.6 Å². The van der Waals surface area contributed by atoms with Crippen molar-refractivity contribution in [2.75, 3.05) is 6.54 Å². The SMILES string of the molecule is CC/C=C(\C=C/CCCCCC)[C@H](O)[C@H](O)CNC(=O)C(F)(F)F. The number of halogens is 3. The summed E-state index contributed by atoms with van der Waals surface area (Å²) in [5.74, 6) is -2.14. The van der Waals surface area contributed by atoms with Gasteiger partial charge in [0.1, 0.15) is 12.2 Å². The molecule has 0 aliphatic carbocycles. The van der Waals surface area contributed by atoms with Gasteiger partial charge in [0.15, 0.2) is 0 Å². The number of nitrogens with one attached hydrogen (secondary N) is 1. The van der Waals surface area contributed by atoms with Crippen LogP contribution in [0.15, 0.2) is 23.8 Å². The van der Waals surface area contributed by atoms with Crippen molar-refractivity contribution in [3.8, 4) is 0 Å². The Hall–Kier alpha value is -1.34. The number of hydrogen-bond acceptors (Lipinski definition) is 3. The van der Waals surface area contributed by atoms with Crippen molar-refractivity contribution in [1.82, 2.24) is 5.32 Å². The summed E-state index contributed by atoms with van der Waals surface area (Å²) in [5.41, 5.74) is 0.432. The number of rotatable bonds is 11. The van der Waals surface area contributed by atoms with E-state index in [-0.39, 0.29) is 0 Å². The highest BCUT2D eigenvalue weighted by Gasteiger charge is 2.38.